The standard InChI is InChI=1S/C26H32N2O5/c1-3-4-15-24(20(2)27(19-29)33-17-22-13-9-6-10-14-22)25(30)28-23(18-32-26(28)31)16-21-11-7-5-8-12-21/h5-14,19-20,23-24H,3-4,15-18H2,1-2H3. The van der Waals surface area contributed by atoms with E-state index in [1.165, 1.54) is 9.96 Å². The van der Waals surface area contributed by atoms with Crippen LogP contribution in [0.2, 0.25) is 0 Å². The quantitative estimate of drug-likeness (QED) is 0.353. The van der Waals surface area contributed by atoms with Gasteiger partial charge < -0.3 is 4.74 Å². The van der Waals surface area contributed by atoms with Gasteiger partial charge in [0.1, 0.15) is 13.2 Å². The first-order chi connectivity index (χ1) is 16.0. The van der Waals surface area contributed by atoms with E-state index in [9.17, 15) is 14.4 Å². The lowest BCUT2D eigenvalue weighted by atomic mass is 9.92. The molecule has 1 saturated heterocycles. The summed E-state index contributed by atoms with van der Waals surface area (Å²) in [5, 5.41) is 1.19. The first-order valence-corrected chi connectivity index (χ1v) is 11.5. The second-order valence-corrected chi connectivity index (χ2v) is 8.34. The molecule has 0 spiro atoms. The zero-order valence-electron chi connectivity index (χ0n) is 19.3. The molecule has 0 aromatic heterocycles. The van der Waals surface area contributed by atoms with Gasteiger partial charge in [0.15, 0.2) is 0 Å². The molecular weight excluding hydrogens is 420 g/mol. The molecule has 1 aliphatic heterocycles. The van der Waals surface area contributed by atoms with Gasteiger partial charge in [-0.25, -0.2) is 14.8 Å². The maximum atomic E-state index is 13.6. The highest BCUT2D eigenvalue weighted by atomic mass is 16.7. The van der Waals surface area contributed by atoms with Gasteiger partial charge in [-0.1, -0.05) is 80.4 Å². The van der Waals surface area contributed by atoms with Gasteiger partial charge in [0, 0.05) is 0 Å². The summed E-state index contributed by atoms with van der Waals surface area (Å²) in [5.41, 5.74) is 1.94. The fraction of sp³-hybridized carbons (Fsp3) is 0.423. The summed E-state index contributed by atoms with van der Waals surface area (Å²) in [6.07, 6.45) is 2.71. The van der Waals surface area contributed by atoms with Gasteiger partial charge >= 0.3 is 6.09 Å². The van der Waals surface area contributed by atoms with Gasteiger partial charge in [-0.15, -0.1) is 0 Å². The highest BCUT2D eigenvalue weighted by Gasteiger charge is 2.43. The van der Waals surface area contributed by atoms with E-state index in [4.69, 9.17) is 9.57 Å². The highest BCUT2D eigenvalue weighted by molar-refractivity contribution is 5.95. The number of carbonyl (C=O) groups is 3. The third-order valence-corrected chi connectivity index (χ3v) is 6.01. The molecule has 1 heterocycles. The van der Waals surface area contributed by atoms with Crippen molar-refractivity contribution in [2.75, 3.05) is 6.61 Å². The van der Waals surface area contributed by atoms with Crippen LogP contribution in [-0.4, -0.2) is 47.1 Å². The van der Waals surface area contributed by atoms with E-state index < -0.39 is 18.1 Å². The minimum atomic E-state index is -0.627. The van der Waals surface area contributed by atoms with Gasteiger partial charge in [0.2, 0.25) is 12.3 Å². The van der Waals surface area contributed by atoms with Crippen molar-refractivity contribution < 1.29 is 24.0 Å². The van der Waals surface area contributed by atoms with E-state index in [1.807, 2.05) is 67.6 Å². The molecule has 0 radical (unpaired) electrons. The van der Waals surface area contributed by atoms with E-state index >= 15 is 0 Å². The molecule has 3 unspecified atom stereocenters. The molecule has 2 aromatic carbocycles. The second-order valence-electron chi connectivity index (χ2n) is 8.34. The Morgan fingerprint density at radius 1 is 1.15 bits per heavy atom. The molecular formula is C26H32N2O5. The van der Waals surface area contributed by atoms with Crippen LogP contribution in [0.5, 0.6) is 0 Å². The minimum Gasteiger partial charge on any atom is -0.447 e. The number of unbranched alkanes of at least 4 members (excludes halogenated alkanes) is 1. The number of nitrogens with zero attached hydrogens (tertiary/aromatic N) is 2. The number of amides is 3. The zero-order valence-corrected chi connectivity index (χ0v) is 19.3. The van der Waals surface area contributed by atoms with Gasteiger partial charge in [-0.05, 0) is 30.9 Å². The summed E-state index contributed by atoms with van der Waals surface area (Å²) in [6, 6.07) is 18.3. The smallest absolute Gasteiger partial charge is 0.416 e. The lowest BCUT2D eigenvalue weighted by Crippen LogP contribution is -2.49. The SMILES string of the molecule is CCCCC(C(=O)N1C(=O)OCC1Cc1ccccc1)C(C)N(C=O)OCc1ccccc1. The Kier molecular flexibility index (Phi) is 9.01. The van der Waals surface area contributed by atoms with Gasteiger partial charge in [0.25, 0.3) is 0 Å². The summed E-state index contributed by atoms with van der Waals surface area (Å²) >= 11 is 0. The minimum absolute atomic E-state index is 0.163. The van der Waals surface area contributed by atoms with Crippen molar-refractivity contribution in [3.63, 3.8) is 0 Å². The lowest BCUT2D eigenvalue weighted by Gasteiger charge is -2.33. The molecule has 7 heteroatoms. The predicted octanol–water partition coefficient (Wildman–Crippen LogP) is 4.36. The van der Waals surface area contributed by atoms with Crippen LogP contribution in [0, 0.1) is 5.92 Å². The van der Waals surface area contributed by atoms with E-state index in [-0.39, 0.29) is 25.2 Å². The van der Waals surface area contributed by atoms with Crippen molar-refractivity contribution >= 4 is 18.4 Å². The molecule has 2 aromatic rings. The molecule has 1 fully saturated rings. The second kappa shape index (κ2) is 12.2. The number of rotatable bonds is 12. The number of hydrogen-bond acceptors (Lipinski definition) is 5. The average molecular weight is 453 g/mol. The molecule has 0 aliphatic carbocycles. The number of imide groups is 1. The molecule has 3 amide bonds. The van der Waals surface area contributed by atoms with Crippen molar-refractivity contribution in [2.24, 2.45) is 5.92 Å². The lowest BCUT2D eigenvalue weighted by molar-refractivity contribution is -0.198. The summed E-state index contributed by atoms with van der Waals surface area (Å²) in [6.45, 7) is 4.19. The molecule has 1 aliphatic rings. The largest absolute Gasteiger partial charge is 0.447 e. The number of benzene rings is 2. The maximum Gasteiger partial charge on any atom is 0.416 e. The maximum absolute atomic E-state index is 13.6. The topological polar surface area (TPSA) is 76.2 Å². The van der Waals surface area contributed by atoms with Gasteiger partial charge in [-0.3, -0.25) is 14.4 Å². The molecule has 0 saturated carbocycles. The van der Waals surface area contributed by atoms with E-state index in [0.29, 0.717) is 19.3 Å². The zero-order chi connectivity index (χ0) is 23.6. The molecule has 0 N–H and O–H groups in total. The number of ether oxygens (including phenoxy) is 1. The Balaban J connectivity index is 1.75. The van der Waals surface area contributed by atoms with E-state index in [1.54, 1.807) is 6.92 Å². The van der Waals surface area contributed by atoms with Crippen molar-refractivity contribution in [1.82, 2.24) is 9.96 Å². The third kappa shape index (κ3) is 6.42. The fourth-order valence-corrected chi connectivity index (χ4v) is 4.09. The first kappa shape index (κ1) is 24.5. The van der Waals surface area contributed by atoms with E-state index in [0.717, 1.165) is 24.0 Å². The predicted molar refractivity (Wildman–Crippen MR) is 124 cm³/mol. The monoisotopic (exact) mass is 452 g/mol. The average Bonchev–Trinajstić information content (AvgIpc) is 3.20. The summed E-state index contributed by atoms with van der Waals surface area (Å²) in [5.74, 6) is -0.913. The number of hydrogen-bond donors (Lipinski definition) is 0. The van der Waals surface area contributed by atoms with Crippen LogP contribution in [0.4, 0.5) is 4.79 Å². The highest BCUT2D eigenvalue weighted by Crippen LogP contribution is 2.26. The molecule has 0 bridgehead atoms. The number of cyclic esters (lactones) is 1. The van der Waals surface area contributed by atoms with Crippen molar-refractivity contribution in [2.45, 2.75) is 58.2 Å². The Hall–Kier alpha value is -3.19. The Bertz CT molecular complexity index is 905. The molecule has 7 nitrogen and oxygen atoms in total. The van der Waals surface area contributed by atoms with Gasteiger partial charge in [-0.2, -0.15) is 0 Å². The summed E-state index contributed by atoms with van der Waals surface area (Å²) < 4.78 is 5.25. The van der Waals surface area contributed by atoms with Crippen LogP contribution in [0.1, 0.15) is 44.2 Å². The first-order valence-electron chi connectivity index (χ1n) is 11.5. The Labute approximate surface area is 195 Å². The third-order valence-electron chi connectivity index (χ3n) is 6.01. The van der Waals surface area contributed by atoms with Crippen LogP contribution in [0.15, 0.2) is 60.7 Å². The van der Waals surface area contributed by atoms with Crippen LogP contribution in [-0.2, 0) is 32.2 Å². The molecule has 176 valence electrons. The van der Waals surface area contributed by atoms with Gasteiger partial charge in [0.05, 0.1) is 18.0 Å². The number of hydroxylamine groups is 2. The van der Waals surface area contributed by atoms with Crippen LogP contribution >= 0.6 is 0 Å². The molecule has 33 heavy (non-hydrogen) atoms. The van der Waals surface area contributed by atoms with Crippen molar-refractivity contribution in [3.8, 4) is 0 Å². The molecule has 3 atom stereocenters. The fourth-order valence-electron chi connectivity index (χ4n) is 4.09. The van der Waals surface area contributed by atoms with Crippen LogP contribution in [0.25, 0.3) is 0 Å². The molecule has 3 rings (SSSR count). The van der Waals surface area contributed by atoms with Crippen molar-refractivity contribution in [3.05, 3.63) is 71.8 Å². The number of carbonyl (C=O) groups excluding carboxylic acids is 3. The summed E-state index contributed by atoms with van der Waals surface area (Å²) in [7, 11) is 0. The summed E-state index contributed by atoms with van der Waals surface area (Å²) in [4.78, 5) is 45.0. The normalized spacial score (nSPS) is 17.3. The van der Waals surface area contributed by atoms with Crippen LogP contribution in [0.3, 0.4) is 0 Å². The Morgan fingerprint density at radius 2 is 1.79 bits per heavy atom. The van der Waals surface area contributed by atoms with Crippen LogP contribution < -0.4 is 0 Å². The Morgan fingerprint density at radius 3 is 2.39 bits per heavy atom. The van der Waals surface area contributed by atoms with E-state index in [2.05, 4.69) is 0 Å². The van der Waals surface area contributed by atoms with Crippen molar-refractivity contribution in [1.29, 1.82) is 0 Å².